The van der Waals surface area contributed by atoms with Crippen molar-refractivity contribution in [2.75, 3.05) is 20.8 Å². The molecule has 2 aromatic rings. The highest BCUT2D eigenvalue weighted by Gasteiger charge is 2.18. The smallest absolute Gasteiger partial charge is 0.337 e. The Balaban J connectivity index is 2.08. The minimum absolute atomic E-state index is 0.363. The minimum Gasteiger partial charge on any atom is -0.497 e. The summed E-state index contributed by atoms with van der Waals surface area (Å²) >= 11 is 0. The molecule has 0 saturated carbocycles. The first kappa shape index (κ1) is 14.2. The van der Waals surface area contributed by atoms with Crippen LogP contribution in [0, 0.1) is 0 Å². The van der Waals surface area contributed by atoms with Crippen molar-refractivity contribution in [3.8, 4) is 11.5 Å². The highest BCUT2D eigenvalue weighted by atomic mass is 16.5. The number of ether oxygens (including phenoxy) is 3. The molecule has 0 radical (unpaired) electrons. The summed E-state index contributed by atoms with van der Waals surface area (Å²) in [5, 5.41) is 0. The SMILES string of the molecule is COC(=O)c1ccc2c(c1)C(c1cccc(OC)c1)=CCO2. The van der Waals surface area contributed by atoms with Gasteiger partial charge in [0.1, 0.15) is 18.1 Å². The van der Waals surface area contributed by atoms with Crippen LogP contribution in [0.1, 0.15) is 21.5 Å². The van der Waals surface area contributed by atoms with E-state index in [1.54, 1.807) is 25.3 Å². The van der Waals surface area contributed by atoms with Crippen LogP contribution in [0.3, 0.4) is 0 Å². The molecule has 1 aliphatic heterocycles. The van der Waals surface area contributed by atoms with Gasteiger partial charge >= 0.3 is 5.97 Å². The average molecular weight is 296 g/mol. The Labute approximate surface area is 128 Å². The normalized spacial score (nSPS) is 12.7. The van der Waals surface area contributed by atoms with Crippen molar-refractivity contribution in [3.63, 3.8) is 0 Å². The number of rotatable bonds is 3. The number of methoxy groups -OCH3 is 2. The Morgan fingerprint density at radius 2 is 2.00 bits per heavy atom. The maximum absolute atomic E-state index is 11.7. The van der Waals surface area contributed by atoms with Crippen molar-refractivity contribution >= 4 is 11.5 Å². The molecule has 0 spiro atoms. The van der Waals surface area contributed by atoms with Crippen LogP contribution in [0.15, 0.2) is 48.5 Å². The summed E-state index contributed by atoms with van der Waals surface area (Å²) in [5.74, 6) is 1.18. The summed E-state index contributed by atoms with van der Waals surface area (Å²) in [6.45, 7) is 0.497. The summed E-state index contributed by atoms with van der Waals surface area (Å²) in [6, 6.07) is 13.1. The van der Waals surface area contributed by atoms with Crippen molar-refractivity contribution in [1.29, 1.82) is 0 Å². The molecule has 4 heteroatoms. The van der Waals surface area contributed by atoms with Crippen LogP contribution in [-0.2, 0) is 4.74 Å². The average Bonchev–Trinajstić information content (AvgIpc) is 2.60. The second-order valence-corrected chi connectivity index (χ2v) is 4.86. The lowest BCUT2D eigenvalue weighted by atomic mass is 9.94. The molecule has 0 saturated heterocycles. The molecule has 112 valence electrons. The van der Waals surface area contributed by atoms with Crippen LogP contribution in [-0.4, -0.2) is 26.8 Å². The molecule has 0 fully saturated rings. The number of hydrogen-bond donors (Lipinski definition) is 0. The van der Waals surface area contributed by atoms with Gasteiger partial charge in [-0.05, 0) is 47.5 Å². The van der Waals surface area contributed by atoms with Gasteiger partial charge in [-0.25, -0.2) is 4.79 Å². The lowest BCUT2D eigenvalue weighted by molar-refractivity contribution is 0.0600. The van der Waals surface area contributed by atoms with Gasteiger partial charge in [-0.1, -0.05) is 12.1 Å². The largest absolute Gasteiger partial charge is 0.497 e. The van der Waals surface area contributed by atoms with Gasteiger partial charge in [-0.2, -0.15) is 0 Å². The first-order valence-corrected chi connectivity index (χ1v) is 6.93. The number of fused-ring (bicyclic) bond motifs is 1. The summed E-state index contributed by atoms with van der Waals surface area (Å²) in [7, 11) is 3.01. The van der Waals surface area contributed by atoms with E-state index in [2.05, 4.69) is 0 Å². The zero-order valence-electron chi connectivity index (χ0n) is 12.5. The van der Waals surface area contributed by atoms with Gasteiger partial charge in [-0.15, -0.1) is 0 Å². The molecule has 1 aliphatic rings. The van der Waals surface area contributed by atoms with Gasteiger partial charge in [0.25, 0.3) is 0 Å². The number of hydrogen-bond acceptors (Lipinski definition) is 4. The number of carbonyl (C=O) groups excluding carboxylic acids is 1. The van der Waals surface area contributed by atoms with Gasteiger partial charge in [0, 0.05) is 5.56 Å². The highest BCUT2D eigenvalue weighted by molar-refractivity contribution is 5.93. The molecule has 0 bridgehead atoms. The van der Waals surface area contributed by atoms with Crippen LogP contribution >= 0.6 is 0 Å². The van der Waals surface area contributed by atoms with Crippen molar-refractivity contribution in [2.24, 2.45) is 0 Å². The lowest BCUT2D eigenvalue weighted by Crippen LogP contribution is -2.08. The van der Waals surface area contributed by atoms with Crippen molar-refractivity contribution in [1.82, 2.24) is 0 Å². The van der Waals surface area contributed by atoms with E-state index in [-0.39, 0.29) is 5.97 Å². The summed E-state index contributed by atoms with van der Waals surface area (Å²) < 4.78 is 15.7. The fourth-order valence-electron chi connectivity index (χ4n) is 2.50. The molecular formula is C18H16O4. The predicted octanol–water partition coefficient (Wildman–Crippen LogP) is 3.31. The molecule has 0 amide bonds. The minimum atomic E-state index is -0.363. The van der Waals surface area contributed by atoms with Gasteiger partial charge in [0.05, 0.1) is 19.8 Å². The van der Waals surface area contributed by atoms with Crippen molar-refractivity contribution in [3.05, 3.63) is 65.2 Å². The second-order valence-electron chi connectivity index (χ2n) is 4.86. The van der Waals surface area contributed by atoms with Crippen LogP contribution in [0.5, 0.6) is 11.5 Å². The molecule has 0 aromatic heterocycles. The fourth-order valence-corrected chi connectivity index (χ4v) is 2.50. The summed E-state index contributed by atoms with van der Waals surface area (Å²) in [4.78, 5) is 11.7. The molecule has 1 heterocycles. The summed E-state index contributed by atoms with van der Waals surface area (Å²) in [6.07, 6.45) is 2.00. The Morgan fingerprint density at radius 1 is 1.14 bits per heavy atom. The molecule has 0 unspecified atom stereocenters. The zero-order chi connectivity index (χ0) is 15.5. The first-order valence-electron chi connectivity index (χ1n) is 6.93. The number of benzene rings is 2. The molecule has 0 N–H and O–H groups in total. The highest BCUT2D eigenvalue weighted by Crippen LogP contribution is 2.36. The predicted molar refractivity (Wildman–Crippen MR) is 83.3 cm³/mol. The third kappa shape index (κ3) is 2.55. The topological polar surface area (TPSA) is 44.8 Å². The fraction of sp³-hybridized carbons (Fsp3) is 0.167. The van der Waals surface area contributed by atoms with E-state index >= 15 is 0 Å². The van der Waals surface area contributed by atoms with E-state index < -0.39 is 0 Å². The number of carbonyl (C=O) groups is 1. The van der Waals surface area contributed by atoms with Gasteiger partial charge in [0.15, 0.2) is 0 Å². The van der Waals surface area contributed by atoms with Crippen LogP contribution < -0.4 is 9.47 Å². The maximum atomic E-state index is 11.7. The Bertz CT molecular complexity index is 747. The van der Waals surface area contributed by atoms with Crippen molar-refractivity contribution < 1.29 is 19.0 Å². The molecule has 3 rings (SSSR count). The molecule has 22 heavy (non-hydrogen) atoms. The van der Waals surface area contributed by atoms with Crippen LogP contribution in [0.4, 0.5) is 0 Å². The van der Waals surface area contributed by atoms with Gasteiger partial charge < -0.3 is 14.2 Å². The third-order valence-electron chi connectivity index (χ3n) is 3.60. The van der Waals surface area contributed by atoms with Gasteiger partial charge in [0.2, 0.25) is 0 Å². The number of esters is 1. The van der Waals surface area contributed by atoms with E-state index in [9.17, 15) is 4.79 Å². The monoisotopic (exact) mass is 296 g/mol. The summed E-state index contributed by atoms with van der Waals surface area (Å²) in [5.41, 5.74) is 3.42. The molecule has 0 aliphatic carbocycles. The van der Waals surface area contributed by atoms with E-state index in [0.29, 0.717) is 12.2 Å². The van der Waals surface area contributed by atoms with E-state index in [1.165, 1.54) is 7.11 Å². The first-order chi connectivity index (χ1) is 10.7. The van der Waals surface area contributed by atoms with E-state index in [1.807, 2.05) is 30.3 Å². The Hall–Kier alpha value is -2.75. The molecule has 0 atom stereocenters. The van der Waals surface area contributed by atoms with Crippen LogP contribution in [0.2, 0.25) is 0 Å². The zero-order valence-corrected chi connectivity index (χ0v) is 12.5. The van der Waals surface area contributed by atoms with Gasteiger partial charge in [-0.3, -0.25) is 0 Å². The lowest BCUT2D eigenvalue weighted by Gasteiger charge is -2.20. The second kappa shape index (κ2) is 5.93. The van der Waals surface area contributed by atoms with E-state index in [0.717, 1.165) is 28.2 Å². The van der Waals surface area contributed by atoms with E-state index in [4.69, 9.17) is 14.2 Å². The molecule has 4 nitrogen and oxygen atoms in total. The maximum Gasteiger partial charge on any atom is 0.337 e. The third-order valence-corrected chi connectivity index (χ3v) is 3.60. The standard InChI is InChI=1S/C18H16O4/c1-20-14-5-3-4-12(10-14)15-8-9-22-17-7-6-13(11-16(15)17)18(19)21-2/h3-8,10-11H,9H2,1-2H3. The molecular weight excluding hydrogens is 280 g/mol. The van der Waals surface area contributed by atoms with Crippen molar-refractivity contribution in [2.45, 2.75) is 0 Å². The quantitative estimate of drug-likeness (QED) is 0.815. The Morgan fingerprint density at radius 3 is 2.77 bits per heavy atom. The Kier molecular flexibility index (Phi) is 3.83. The van der Waals surface area contributed by atoms with Crippen LogP contribution in [0.25, 0.3) is 5.57 Å². The molecule has 2 aromatic carbocycles.